The molecule has 0 fully saturated rings. The number of Topliss-reactive ketones (excluding diaryl/α,β-unsaturated/α-hetero) is 1. The molecule has 17 heavy (non-hydrogen) atoms. The zero-order valence-corrected chi connectivity index (χ0v) is 10.9. The van der Waals surface area contributed by atoms with Crippen molar-refractivity contribution < 1.29 is 9.53 Å². The molecule has 0 radical (unpaired) electrons. The molecular weight excluding hydrogens is 284 g/mol. The molecule has 4 nitrogen and oxygen atoms in total. The molecule has 0 bridgehead atoms. The van der Waals surface area contributed by atoms with E-state index in [0.29, 0.717) is 12.1 Å². The van der Waals surface area contributed by atoms with Gasteiger partial charge in [0, 0.05) is 16.6 Å². The number of carbonyl (C=O) groups excluding carboxylic acids is 1. The number of fused-ring (bicyclic) bond motifs is 1. The Hall–Kier alpha value is -1.36. The average molecular weight is 297 g/mol. The molecule has 0 unspecified atom stereocenters. The summed E-state index contributed by atoms with van der Waals surface area (Å²) in [6.07, 6.45) is 1.65. The lowest BCUT2D eigenvalue weighted by Crippen LogP contribution is -2.23. The maximum absolute atomic E-state index is 12.0. The monoisotopic (exact) mass is 296 g/mol. The van der Waals surface area contributed by atoms with Crippen LogP contribution in [0.3, 0.4) is 0 Å². The number of aliphatic imine (C=N–C) groups is 1. The maximum atomic E-state index is 12.0. The molecule has 1 aliphatic rings. The SMILES string of the molecule is NC1=NCCCc2c(Br)cccc2C(=O)CO1. The van der Waals surface area contributed by atoms with Crippen LogP contribution in [-0.4, -0.2) is 25.0 Å². The number of nitrogens with two attached hydrogens (primary N) is 1. The highest BCUT2D eigenvalue weighted by atomic mass is 79.9. The second-order valence-corrected chi connectivity index (χ2v) is 4.66. The van der Waals surface area contributed by atoms with Crippen LogP contribution < -0.4 is 5.73 Å². The van der Waals surface area contributed by atoms with Crippen molar-refractivity contribution in [3.05, 3.63) is 33.8 Å². The van der Waals surface area contributed by atoms with E-state index < -0.39 is 0 Å². The first-order chi connectivity index (χ1) is 8.18. The predicted octanol–water partition coefficient (Wildman–Crippen LogP) is 1.91. The van der Waals surface area contributed by atoms with Gasteiger partial charge in [0.1, 0.15) is 0 Å². The zero-order chi connectivity index (χ0) is 12.3. The Morgan fingerprint density at radius 3 is 3.06 bits per heavy atom. The van der Waals surface area contributed by atoms with Crippen LogP contribution in [-0.2, 0) is 11.2 Å². The van der Waals surface area contributed by atoms with Crippen LogP contribution in [0.25, 0.3) is 0 Å². The van der Waals surface area contributed by atoms with Crippen LogP contribution in [0.2, 0.25) is 0 Å². The molecular formula is C12H13BrN2O2. The smallest absolute Gasteiger partial charge is 0.282 e. The summed E-state index contributed by atoms with van der Waals surface area (Å²) in [7, 11) is 0. The van der Waals surface area contributed by atoms with Gasteiger partial charge in [0.05, 0.1) is 0 Å². The van der Waals surface area contributed by atoms with E-state index in [1.165, 1.54) is 0 Å². The van der Waals surface area contributed by atoms with E-state index in [1.54, 1.807) is 0 Å². The fraction of sp³-hybridized carbons (Fsp3) is 0.333. The summed E-state index contributed by atoms with van der Waals surface area (Å²) in [5.41, 5.74) is 7.23. The van der Waals surface area contributed by atoms with Gasteiger partial charge in [-0.1, -0.05) is 28.1 Å². The van der Waals surface area contributed by atoms with E-state index >= 15 is 0 Å². The summed E-state index contributed by atoms with van der Waals surface area (Å²) < 4.78 is 6.05. The van der Waals surface area contributed by atoms with Crippen LogP contribution in [0, 0.1) is 0 Å². The average Bonchev–Trinajstić information content (AvgIpc) is 2.32. The minimum Gasteiger partial charge on any atom is -0.457 e. The van der Waals surface area contributed by atoms with Crippen molar-refractivity contribution in [2.45, 2.75) is 12.8 Å². The van der Waals surface area contributed by atoms with Gasteiger partial charge in [0.15, 0.2) is 6.61 Å². The summed E-state index contributed by atoms with van der Waals surface area (Å²) in [6, 6.07) is 5.71. The molecule has 2 N–H and O–H groups in total. The number of carbonyl (C=O) groups is 1. The van der Waals surface area contributed by atoms with Crippen LogP contribution in [0.5, 0.6) is 0 Å². The first-order valence-electron chi connectivity index (χ1n) is 5.42. The molecule has 0 saturated carbocycles. The highest BCUT2D eigenvalue weighted by molar-refractivity contribution is 9.10. The third-order valence-electron chi connectivity index (χ3n) is 2.62. The molecule has 0 aromatic heterocycles. The van der Waals surface area contributed by atoms with Gasteiger partial charge in [0.25, 0.3) is 6.02 Å². The Kier molecular flexibility index (Phi) is 3.78. The van der Waals surface area contributed by atoms with Crippen molar-refractivity contribution in [1.29, 1.82) is 0 Å². The number of halogens is 1. The number of ketones is 1. The molecule has 0 atom stereocenters. The van der Waals surface area contributed by atoms with Crippen LogP contribution in [0.4, 0.5) is 0 Å². The Morgan fingerprint density at radius 1 is 1.41 bits per heavy atom. The van der Waals surface area contributed by atoms with Gasteiger partial charge >= 0.3 is 0 Å². The number of hydrogen-bond acceptors (Lipinski definition) is 4. The van der Waals surface area contributed by atoms with Gasteiger partial charge in [-0.25, -0.2) is 4.99 Å². The van der Waals surface area contributed by atoms with E-state index in [4.69, 9.17) is 10.5 Å². The number of hydrogen-bond donors (Lipinski definition) is 1. The van der Waals surface area contributed by atoms with Gasteiger partial charge < -0.3 is 10.5 Å². The summed E-state index contributed by atoms with van der Waals surface area (Å²) in [5.74, 6) is -0.0682. The summed E-state index contributed by atoms with van der Waals surface area (Å²) in [6.45, 7) is 0.555. The van der Waals surface area contributed by atoms with E-state index in [2.05, 4.69) is 20.9 Å². The lowest BCUT2D eigenvalue weighted by molar-refractivity contribution is 0.0910. The van der Waals surface area contributed by atoms with Crippen molar-refractivity contribution in [2.24, 2.45) is 10.7 Å². The van der Waals surface area contributed by atoms with E-state index in [0.717, 1.165) is 22.9 Å². The number of benzene rings is 1. The lowest BCUT2D eigenvalue weighted by atomic mass is 10.00. The molecule has 0 saturated heterocycles. The number of ether oxygens (including phenoxy) is 1. The van der Waals surface area contributed by atoms with Gasteiger partial charge in [-0.2, -0.15) is 0 Å². The third kappa shape index (κ3) is 2.85. The van der Waals surface area contributed by atoms with Crippen molar-refractivity contribution in [3.63, 3.8) is 0 Å². The standard InChI is InChI=1S/C12H13BrN2O2/c13-10-5-1-3-9-8(10)4-2-6-15-12(14)17-7-11(9)16/h1,3,5H,2,4,6-7H2,(H2,14,15). The fourth-order valence-electron chi connectivity index (χ4n) is 1.78. The second-order valence-electron chi connectivity index (χ2n) is 3.80. The van der Waals surface area contributed by atoms with Crippen molar-refractivity contribution >= 4 is 27.7 Å². The Bertz CT molecular complexity index is 472. The fourth-order valence-corrected chi connectivity index (χ4v) is 2.35. The number of amidine groups is 1. The topological polar surface area (TPSA) is 64.7 Å². The molecule has 0 amide bonds. The molecule has 5 heteroatoms. The van der Waals surface area contributed by atoms with E-state index in [1.807, 2.05) is 18.2 Å². The first-order valence-corrected chi connectivity index (χ1v) is 6.21. The van der Waals surface area contributed by atoms with Gasteiger partial charge in [-0.05, 0) is 24.5 Å². The molecule has 1 heterocycles. The lowest BCUT2D eigenvalue weighted by Gasteiger charge is -2.13. The molecule has 1 aromatic carbocycles. The summed E-state index contributed by atoms with van der Waals surface area (Å²) in [5, 5.41) is 0. The van der Waals surface area contributed by atoms with Crippen molar-refractivity contribution in [1.82, 2.24) is 0 Å². The van der Waals surface area contributed by atoms with Gasteiger partial charge in [-0.15, -0.1) is 0 Å². The molecule has 90 valence electrons. The van der Waals surface area contributed by atoms with Gasteiger partial charge in [-0.3, -0.25) is 4.79 Å². The number of rotatable bonds is 0. The van der Waals surface area contributed by atoms with E-state index in [-0.39, 0.29) is 18.4 Å². The minimum absolute atomic E-state index is 0.0568. The highest BCUT2D eigenvalue weighted by Crippen LogP contribution is 2.23. The normalized spacial score (nSPS) is 16.8. The third-order valence-corrected chi connectivity index (χ3v) is 3.37. The summed E-state index contributed by atoms with van der Waals surface area (Å²) in [4.78, 5) is 16.0. The second kappa shape index (κ2) is 5.31. The Balaban J connectivity index is 2.34. The van der Waals surface area contributed by atoms with Crippen LogP contribution in [0.1, 0.15) is 22.3 Å². The Morgan fingerprint density at radius 2 is 2.24 bits per heavy atom. The quantitative estimate of drug-likeness (QED) is 0.795. The predicted molar refractivity (Wildman–Crippen MR) is 69.2 cm³/mol. The number of nitrogens with zero attached hydrogens (tertiary/aromatic N) is 1. The van der Waals surface area contributed by atoms with Crippen molar-refractivity contribution in [3.8, 4) is 0 Å². The molecule has 2 rings (SSSR count). The summed E-state index contributed by atoms with van der Waals surface area (Å²) >= 11 is 3.47. The maximum Gasteiger partial charge on any atom is 0.282 e. The molecule has 0 spiro atoms. The van der Waals surface area contributed by atoms with Crippen LogP contribution in [0.15, 0.2) is 27.7 Å². The molecule has 1 aliphatic heterocycles. The zero-order valence-electron chi connectivity index (χ0n) is 9.28. The molecule has 0 aliphatic carbocycles. The van der Waals surface area contributed by atoms with Gasteiger partial charge in [0.2, 0.25) is 5.78 Å². The van der Waals surface area contributed by atoms with Crippen LogP contribution >= 0.6 is 15.9 Å². The first kappa shape index (κ1) is 12.1. The highest BCUT2D eigenvalue weighted by Gasteiger charge is 2.15. The van der Waals surface area contributed by atoms with Crippen molar-refractivity contribution in [2.75, 3.05) is 13.2 Å². The van der Waals surface area contributed by atoms with E-state index in [9.17, 15) is 4.79 Å². The largest absolute Gasteiger partial charge is 0.457 e. The Labute approximate surface area is 108 Å². The minimum atomic E-state index is -0.0682. The molecule has 1 aromatic rings.